The van der Waals surface area contributed by atoms with Crippen molar-refractivity contribution in [3.63, 3.8) is 0 Å². The third-order valence-corrected chi connectivity index (χ3v) is 4.38. The largest absolute Gasteiger partial charge is 0.497 e. The minimum absolute atomic E-state index is 0.0948. The molecule has 0 aromatic heterocycles. The molecule has 21 heavy (non-hydrogen) atoms. The standard InChI is InChI=1S/C17H19Cl2NO/c1-11(13-6-4-7-14(10-13)21-3)20-12(2)15-8-5-9-16(18)17(15)19/h4-12,20H,1-3H3/t11-,12?/m0/s1. The summed E-state index contributed by atoms with van der Waals surface area (Å²) in [6.45, 7) is 4.19. The van der Waals surface area contributed by atoms with E-state index in [9.17, 15) is 0 Å². The maximum absolute atomic E-state index is 6.27. The van der Waals surface area contributed by atoms with Crippen molar-refractivity contribution in [2.75, 3.05) is 7.11 Å². The lowest BCUT2D eigenvalue weighted by molar-refractivity contribution is 0.412. The molecule has 2 nitrogen and oxygen atoms in total. The lowest BCUT2D eigenvalue weighted by atomic mass is 10.0. The summed E-state index contributed by atoms with van der Waals surface area (Å²) in [7, 11) is 1.67. The van der Waals surface area contributed by atoms with Gasteiger partial charge >= 0.3 is 0 Å². The van der Waals surface area contributed by atoms with E-state index in [1.807, 2.05) is 30.3 Å². The van der Waals surface area contributed by atoms with Gasteiger partial charge in [-0.2, -0.15) is 0 Å². The van der Waals surface area contributed by atoms with Crippen LogP contribution in [0.2, 0.25) is 10.0 Å². The molecule has 2 atom stereocenters. The summed E-state index contributed by atoms with van der Waals surface area (Å²) < 4.78 is 5.26. The first kappa shape index (κ1) is 16.2. The van der Waals surface area contributed by atoms with Crippen molar-refractivity contribution in [2.24, 2.45) is 0 Å². The van der Waals surface area contributed by atoms with Crippen molar-refractivity contribution in [3.05, 3.63) is 63.6 Å². The number of ether oxygens (including phenoxy) is 1. The van der Waals surface area contributed by atoms with E-state index in [0.29, 0.717) is 10.0 Å². The van der Waals surface area contributed by atoms with Crippen LogP contribution in [0.1, 0.15) is 37.1 Å². The molecule has 1 N–H and O–H groups in total. The zero-order chi connectivity index (χ0) is 15.4. The van der Waals surface area contributed by atoms with E-state index in [4.69, 9.17) is 27.9 Å². The molecule has 0 saturated carbocycles. The number of rotatable bonds is 5. The van der Waals surface area contributed by atoms with Gasteiger partial charge in [0, 0.05) is 12.1 Å². The number of methoxy groups -OCH3 is 1. The summed E-state index contributed by atoms with van der Waals surface area (Å²) in [5, 5.41) is 4.72. The van der Waals surface area contributed by atoms with Gasteiger partial charge in [0.05, 0.1) is 17.2 Å². The van der Waals surface area contributed by atoms with Gasteiger partial charge in [-0.25, -0.2) is 0 Å². The lowest BCUT2D eigenvalue weighted by Crippen LogP contribution is -2.22. The van der Waals surface area contributed by atoms with Crippen LogP contribution in [-0.2, 0) is 0 Å². The topological polar surface area (TPSA) is 21.3 Å². The predicted octanol–water partition coefficient (Wildman–Crippen LogP) is 5.41. The van der Waals surface area contributed by atoms with Crippen LogP contribution >= 0.6 is 23.2 Å². The van der Waals surface area contributed by atoms with E-state index in [0.717, 1.165) is 11.3 Å². The maximum atomic E-state index is 6.27. The number of hydrogen-bond acceptors (Lipinski definition) is 2. The van der Waals surface area contributed by atoms with Crippen LogP contribution in [0.4, 0.5) is 0 Å². The van der Waals surface area contributed by atoms with Gasteiger partial charge in [-0.3, -0.25) is 0 Å². The van der Waals surface area contributed by atoms with Crippen LogP contribution in [0.3, 0.4) is 0 Å². The molecule has 0 radical (unpaired) electrons. The first-order valence-corrected chi connectivity index (χ1v) is 7.62. The summed E-state index contributed by atoms with van der Waals surface area (Å²) in [5.74, 6) is 0.856. The fourth-order valence-electron chi connectivity index (χ4n) is 2.33. The fourth-order valence-corrected chi connectivity index (χ4v) is 2.80. The smallest absolute Gasteiger partial charge is 0.119 e. The number of nitrogens with one attached hydrogen (secondary N) is 1. The maximum Gasteiger partial charge on any atom is 0.119 e. The van der Waals surface area contributed by atoms with Crippen LogP contribution in [0, 0.1) is 0 Å². The normalized spacial score (nSPS) is 13.8. The molecule has 0 aliphatic rings. The zero-order valence-corrected chi connectivity index (χ0v) is 13.9. The molecule has 4 heteroatoms. The molecule has 0 spiro atoms. The Labute approximate surface area is 136 Å². The third kappa shape index (κ3) is 3.91. The summed E-state index contributed by atoms with van der Waals surface area (Å²) in [6, 6.07) is 14.0. The highest BCUT2D eigenvalue weighted by Gasteiger charge is 2.15. The first-order chi connectivity index (χ1) is 10.0. The Morgan fingerprint density at radius 2 is 1.71 bits per heavy atom. The van der Waals surface area contributed by atoms with E-state index < -0.39 is 0 Å². The molecular formula is C17H19Cl2NO. The van der Waals surface area contributed by atoms with Crippen LogP contribution in [0.25, 0.3) is 0 Å². The van der Waals surface area contributed by atoms with E-state index in [1.54, 1.807) is 13.2 Å². The predicted molar refractivity (Wildman–Crippen MR) is 89.4 cm³/mol. The Balaban J connectivity index is 2.14. The molecule has 1 unspecified atom stereocenters. The SMILES string of the molecule is COc1cccc([C@H](C)NC(C)c2cccc(Cl)c2Cl)c1. The highest BCUT2D eigenvalue weighted by Crippen LogP contribution is 2.31. The minimum atomic E-state index is 0.0948. The van der Waals surface area contributed by atoms with Gasteiger partial charge in [-0.15, -0.1) is 0 Å². The summed E-state index contributed by atoms with van der Waals surface area (Å²) in [5.41, 5.74) is 2.17. The summed E-state index contributed by atoms with van der Waals surface area (Å²) in [4.78, 5) is 0. The first-order valence-electron chi connectivity index (χ1n) is 6.87. The van der Waals surface area contributed by atoms with E-state index in [-0.39, 0.29) is 12.1 Å². The van der Waals surface area contributed by atoms with E-state index in [1.165, 1.54) is 5.56 Å². The van der Waals surface area contributed by atoms with Crippen LogP contribution in [-0.4, -0.2) is 7.11 Å². The van der Waals surface area contributed by atoms with Crippen LogP contribution < -0.4 is 10.1 Å². The van der Waals surface area contributed by atoms with E-state index in [2.05, 4.69) is 25.2 Å². The van der Waals surface area contributed by atoms with Gasteiger partial charge in [0.1, 0.15) is 5.75 Å². The zero-order valence-electron chi connectivity index (χ0n) is 12.4. The quantitative estimate of drug-likeness (QED) is 0.793. The monoisotopic (exact) mass is 323 g/mol. The Kier molecular flexibility index (Phi) is 5.51. The Morgan fingerprint density at radius 1 is 1.00 bits per heavy atom. The van der Waals surface area contributed by atoms with Crippen LogP contribution in [0.15, 0.2) is 42.5 Å². The van der Waals surface area contributed by atoms with Gasteiger partial charge in [0.2, 0.25) is 0 Å². The molecule has 0 amide bonds. The van der Waals surface area contributed by atoms with Gasteiger partial charge in [0.15, 0.2) is 0 Å². The highest BCUT2D eigenvalue weighted by molar-refractivity contribution is 6.42. The number of hydrogen-bond donors (Lipinski definition) is 1. The molecular weight excluding hydrogens is 305 g/mol. The second-order valence-corrected chi connectivity index (χ2v) is 5.81. The van der Waals surface area contributed by atoms with Crippen molar-refractivity contribution in [3.8, 4) is 5.75 Å². The molecule has 0 saturated heterocycles. The van der Waals surface area contributed by atoms with Crippen molar-refractivity contribution in [1.29, 1.82) is 0 Å². The van der Waals surface area contributed by atoms with Crippen LogP contribution in [0.5, 0.6) is 5.75 Å². The molecule has 2 aromatic rings. The van der Waals surface area contributed by atoms with Crippen molar-refractivity contribution < 1.29 is 4.74 Å². The lowest BCUT2D eigenvalue weighted by Gasteiger charge is -2.22. The molecule has 0 aliphatic carbocycles. The molecule has 0 heterocycles. The Hall–Kier alpha value is -1.22. The van der Waals surface area contributed by atoms with Crippen molar-refractivity contribution in [2.45, 2.75) is 25.9 Å². The van der Waals surface area contributed by atoms with Gasteiger partial charge in [-0.1, -0.05) is 47.5 Å². The average Bonchev–Trinajstić information content (AvgIpc) is 2.49. The molecule has 112 valence electrons. The Bertz CT molecular complexity index is 615. The molecule has 2 rings (SSSR count). The second kappa shape index (κ2) is 7.17. The molecule has 0 fully saturated rings. The van der Waals surface area contributed by atoms with Crippen molar-refractivity contribution in [1.82, 2.24) is 5.32 Å². The van der Waals surface area contributed by atoms with Gasteiger partial charge in [-0.05, 0) is 43.2 Å². The number of halogens is 2. The fraction of sp³-hybridized carbons (Fsp3) is 0.294. The second-order valence-electron chi connectivity index (χ2n) is 5.03. The van der Waals surface area contributed by atoms with E-state index >= 15 is 0 Å². The van der Waals surface area contributed by atoms with Crippen molar-refractivity contribution >= 4 is 23.2 Å². The Morgan fingerprint density at radius 3 is 2.43 bits per heavy atom. The summed E-state index contributed by atoms with van der Waals surface area (Å²) in [6.07, 6.45) is 0. The van der Waals surface area contributed by atoms with Gasteiger partial charge < -0.3 is 10.1 Å². The molecule has 0 bridgehead atoms. The summed E-state index contributed by atoms with van der Waals surface area (Å²) >= 11 is 12.3. The average molecular weight is 324 g/mol. The third-order valence-electron chi connectivity index (χ3n) is 3.54. The minimum Gasteiger partial charge on any atom is -0.497 e. The molecule has 0 aliphatic heterocycles. The molecule has 2 aromatic carbocycles. The number of benzene rings is 2. The van der Waals surface area contributed by atoms with Gasteiger partial charge in [0.25, 0.3) is 0 Å². The highest BCUT2D eigenvalue weighted by atomic mass is 35.5.